The summed E-state index contributed by atoms with van der Waals surface area (Å²) in [6.45, 7) is 3.31. The summed E-state index contributed by atoms with van der Waals surface area (Å²) in [6.07, 6.45) is 0. The number of nitrogens with zero attached hydrogens (tertiary/aromatic N) is 2. The molecule has 1 aliphatic heterocycles. The zero-order chi connectivity index (χ0) is 13.2. The molecule has 2 N–H and O–H groups in total. The van der Waals surface area contributed by atoms with Crippen LogP contribution in [0.2, 0.25) is 0 Å². The summed E-state index contributed by atoms with van der Waals surface area (Å²) in [7, 11) is 0. The van der Waals surface area contributed by atoms with Gasteiger partial charge in [-0.15, -0.1) is 0 Å². The van der Waals surface area contributed by atoms with E-state index in [-0.39, 0.29) is 5.16 Å². The van der Waals surface area contributed by atoms with Gasteiger partial charge in [0.15, 0.2) is 0 Å². The third kappa shape index (κ3) is 2.98. The van der Waals surface area contributed by atoms with Crippen LogP contribution in [0.15, 0.2) is 28.3 Å². The molecule has 1 aromatic carbocycles. The van der Waals surface area contributed by atoms with Gasteiger partial charge in [-0.05, 0) is 30.1 Å². The van der Waals surface area contributed by atoms with Crippen LogP contribution in [0.1, 0.15) is 0 Å². The number of fused-ring (bicyclic) bond motifs is 1. The average molecular weight is 299 g/mol. The molecule has 1 unspecified atom stereocenters. The molecule has 2 aromatic rings. The number of morpholine rings is 1. The molecular formula is C11H13N3O3S2. The number of hydrogen-bond donors (Lipinski definition) is 2. The molecule has 0 aliphatic carbocycles. The highest BCUT2D eigenvalue weighted by molar-refractivity contribution is 7.97. The molecule has 0 saturated carbocycles. The van der Waals surface area contributed by atoms with Gasteiger partial charge in [0, 0.05) is 18.0 Å². The van der Waals surface area contributed by atoms with Gasteiger partial charge in [0.2, 0.25) is 16.2 Å². The Morgan fingerprint density at radius 1 is 1.42 bits per heavy atom. The van der Waals surface area contributed by atoms with Crippen LogP contribution in [0.5, 0.6) is 0 Å². The Kier molecular flexibility index (Phi) is 3.85. The van der Waals surface area contributed by atoms with Crippen molar-refractivity contribution in [1.29, 1.82) is 0 Å². The molecule has 3 rings (SSSR count). The van der Waals surface area contributed by atoms with Crippen molar-refractivity contribution in [2.75, 3.05) is 26.3 Å². The minimum atomic E-state index is -2.07. The highest BCUT2D eigenvalue weighted by atomic mass is 32.2. The number of aromatic amines is 1. The zero-order valence-corrected chi connectivity index (χ0v) is 11.7. The highest BCUT2D eigenvalue weighted by Gasteiger charge is 2.13. The molecule has 0 spiro atoms. The van der Waals surface area contributed by atoms with Crippen LogP contribution >= 0.6 is 11.9 Å². The maximum atomic E-state index is 11.0. The molecule has 0 bridgehead atoms. The quantitative estimate of drug-likeness (QED) is 0.660. The zero-order valence-electron chi connectivity index (χ0n) is 10.0. The normalized spacial score (nSPS) is 18.8. The molecule has 1 aromatic heterocycles. The number of imidazole rings is 1. The first-order valence-corrected chi connectivity index (χ1v) is 7.72. The maximum Gasteiger partial charge on any atom is 0.225 e. The van der Waals surface area contributed by atoms with Gasteiger partial charge in [-0.1, -0.05) is 0 Å². The van der Waals surface area contributed by atoms with Gasteiger partial charge in [-0.3, -0.25) is 4.55 Å². The van der Waals surface area contributed by atoms with Crippen molar-refractivity contribution in [3.63, 3.8) is 0 Å². The van der Waals surface area contributed by atoms with Crippen LogP contribution in [-0.4, -0.2) is 49.3 Å². The number of hydrogen-bond acceptors (Lipinski definition) is 5. The number of nitrogens with one attached hydrogen (secondary N) is 1. The van der Waals surface area contributed by atoms with Crippen LogP contribution in [0.3, 0.4) is 0 Å². The van der Waals surface area contributed by atoms with Crippen molar-refractivity contribution < 1.29 is 13.5 Å². The predicted octanol–water partition coefficient (Wildman–Crippen LogP) is 1.48. The van der Waals surface area contributed by atoms with Crippen molar-refractivity contribution >= 4 is 34.1 Å². The van der Waals surface area contributed by atoms with E-state index in [1.807, 2.05) is 18.2 Å². The van der Waals surface area contributed by atoms with Crippen molar-refractivity contribution in [2.24, 2.45) is 0 Å². The van der Waals surface area contributed by atoms with E-state index >= 15 is 0 Å². The third-order valence-corrected chi connectivity index (χ3v) is 4.41. The number of rotatable bonds is 3. The molecular weight excluding hydrogens is 286 g/mol. The van der Waals surface area contributed by atoms with E-state index in [2.05, 4.69) is 14.3 Å². The summed E-state index contributed by atoms with van der Waals surface area (Å²) < 4.78 is 27.5. The minimum absolute atomic E-state index is 0.0866. The van der Waals surface area contributed by atoms with Crippen LogP contribution in [0.4, 0.5) is 0 Å². The third-order valence-electron chi connectivity index (χ3n) is 2.80. The number of ether oxygens (including phenoxy) is 1. The Morgan fingerprint density at radius 2 is 2.21 bits per heavy atom. The van der Waals surface area contributed by atoms with Gasteiger partial charge in [0.25, 0.3) is 0 Å². The molecule has 1 fully saturated rings. The lowest BCUT2D eigenvalue weighted by atomic mass is 10.3. The largest absolute Gasteiger partial charge is 0.379 e. The molecule has 1 aliphatic rings. The summed E-state index contributed by atoms with van der Waals surface area (Å²) >= 11 is -0.411. The van der Waals surface area contributed by atoms with Crippen LogP contribution in [0.25, 0.3) is 11.0 Å². The van der Waals surface area contributed by atoms with Gasteiger partial charge in [0.05, 0.1) is 24.2 Å². The standard InChI is InChI=1S/C11H13N3O3S2/c15-19(16)11-12-9-2-1-8(7-10(9)13-11)18-14-3-5-17-6-4-14/h1-2,7H,3-6H2,(H,12,13)(H,15,16). The van der Waals surface area contributed by atoms with Gasteiger partial charge < -0.3 is 9.72 Å². The second-order valence-electron chi connectivity index (χ2n) is 4.10. The van der Waals surface area contributed by atoms with E-state index < -0.39 is 11.1 Å². The summed E-state index contributed by atoms with van der Waals surface area (Å²) in [4.78, 5) is 7.98. The van der Waals surface area contributed by atoms with E-state index in [4.69, 9.17) is 9.29 Å². The Hall–Kier alpha value is -0.930. The average Bonchev–Trinajstić information content (AvgIpc) is 2.83. The van der Waals surface area contributed by atoms with Gasteiger partial charge in [0.1, 0.15) is 0 Å². The molecule has 0 amide bonds. The SMILES string of the molecule is O=S(O)c1nc2ccc(SN3CCOCC3)cc2[nH]1. The predicted molar refractivity (Wildman–Crippen MR) is 73.4 cm³/mol. The lowest BCUT2D eigenvalue weighted by molar-refractivity contribution is 0.0773. The summed E-state index contributed by atoms with van der Waals surface area (Å²) in [6, 6.07) is 5.76. The number of benzene rings is 1. The van der Waals surface area contributed by atoms with E-state index in [1.165, 1.54) is 0 Å². The number of H-pyrrole nitrogens is 1. The Morgan fingerprint density at radius 3 is 2.95 bits per heavy atom. The first kappa shape index (κ1) is 13.1. The molecule has 102 valence electrons. The van der Waals surface area contributed by atoms with Crippen LogP contribution < -0.4 is 0 Å². The fourth-order valence-corrected chi connectivity index (χ4v) is 3.19. The topological polar surface area (TPSA) is 78.4 Å². The Balaban J connectivity index is 1.82. The molecule has 0 radical (unpaired) electrons. The fraction of sp³-hybridized carbons (Fsp3) is 0.364. The molecule has 1 atom stereocenters. The van der Waals surface area contributed by atoms with Gasteiger partial charge >= 0.3 is 0 Å². The second-order valence-corrected chi connectivity index (χ2v) is 6.16. The first-order valence-electron chi connectivity index (χ1n) is 5.84. The van der Waals surface area contributed by atoms with Crippen molar-refractivity contribution in [3.05, 3.63) is 18.2 Å². The Bertz CT molecular complexity index is 610. The number of aromatic nitrogens is 2. The monoisotopic (exact) mass is 299 g/mol. The highest BCUT2D eigenvalue weighted by Crippen LogP contribution is 2.26. The van der Waals surface area contributed by atoms with E-state index in [0.29, 0.717) is 5.52 Å². The molecule has 8 heteroatoms. The molecule has 1 saturated heterocycles. The van der Waals surface area contributed by atoms with Crippen LogP contribution in [0, 0.1) is 0 Å². The summed E-state index contributed by atoms with van der Waals surface area (Å²) in [5, 5.41) is 0.0866. The van der Waals surface area contributed by atoms with Crippen molar-refractivity contribution in [2.45, 2.75) is 10.1 Å². The maximum absolute atomic E-state index is 11.0. The smallest absolute Gasteiger partial charge is 0.225 e. The molecule has 19 heavy (non-hydrogen) atoms. The minimum Gasteiger partial charge on any atom is -0.379 e. The second kappa shape index (κ2) is 5.59. The Labute approximate surface area is 117 Å². The van der Waals surface area contributed by atoms with E-state index in [1.54, 1.807) is 11.9 Å². The summed E-state index contributed by atoms with van der Waals surface area (Å²) in [5.41, 5.74) is 1.47. The van der Waals surface area contributed by atoms with Gasteiger partial charge in [-0.25, -0.2) is 13.5 Å². The van der Waals surface area contributed by atoms with Gasteiger partial charge in [-0.2, -0.15) is 0 Å². The lowest BCUT2D eigenvalue weighted by Crippen LogP contribution is -2.30. The van der Waals surface area contributed by atoms with Crippen molar-refractivity contribution in [1.82, 2.24) is 14.3 Å². The first-order chi connectivity index (χ1) is 9.22. The lowest BCUT2D eigenvalue weighted by Gasteiger charge is -2.25. The van der Waals surface area contributed by atoms with E-state index in [9.17, 15) is 4.21 Å². The molecule has 2 heterocycles. The van der Waals surface area contributed by atoms with Crippen LogP contribution in [-0.2, 0) is 15.8 Å². The molecule has 6 nitrogen and oxygen atoms in total. The fourth-order valence-electron chi connectivity index (χ4n) is 1.89. The summed E-state index contributed by atoms with van der Waals surface area (Å²) in [5.74, 6) is 0. The van der Waals surface area contributed by atoms with Crippen molar-refractivity contribution in [3.8, 4) is 0 Å². The van der Waals surface area contributed by atoms with E-state index in [0.717, 1.165) is 36.7 Å².